The summed E-state index contributed by atoms with van der Waals surface area (Å²) in [5.74, 6) is -0.146. The molecule has 0 fully saturated rings. The fraction of sp³-hybridized carbons (Fsp3) is 0.571. The van der Waals surface area contributed by atoms with Crippen LogP contribution in [-0.4, -0.2) is 24.5 Å². The molecule has 0 aliphatic carbocycles. The van der Waals surface area contributed by atoms with Crippen molar-refractivity contribution in [3.8, 4) is 0 Å². The topological polar surface area (TPSA) is 55.4 Å². The van der Waals surface area contributed by atoms with Crippen LogP contribution in [0.5, 0.6) is 0 Å². The normalized spacial score (nSPS) is 12.3. The van der Waals surface area contributed by atoms with Crippen molar-refractivity contribution in [2.24, 2.45) is 5.92 Å². The highest BCUT2D eigenvalue weighted by Crippen LogP contribution is 2.14. The summed E-state index contributed by atoms with van der Waals surface area (Å²) >= 11 is 1.41. The summed E-state index contributed by atoms with van der Waals surface area (Å²) in [5, 5.41) is 2.57. The van der Waals surface area contributed by atoms with Crippen LogP contribution in [0.25, 0.3) is 0 Å². The van der Waals surface area contributed by atoms with Crippen LogP contribution in [0.15, 0.2) is 12.1 Å². The van der Waals surface area contributed by atoms with E-state index in [0.29, 0.717) is 10.8 Å². The first-order chi connectivity index (χ1) is 8.88. The van der Waals surface area contributed by atoms with Crippen molar-refractivity contribution in [1.29, 1.82) is 0 Å². The Balaban J connectivity index is 2.32. The highest BCUT2D eigenvalue weighted by atomic mass is 32.1. The Morgan fingerprint density at radius 2 is 2.00 bits per heavy atom. The molecule has 1 rings (SSSR count). The maximum absolute atomic E-state index is 11.7. The van der Waals surface area contributed by atoms with Gasteiger partial charge in [-0.05, 0) is 38.3 Å². The number of carbonyl (C=O) groups excluding carboxylic acids is 2. The van der Waals surface area contributed by atoms with Crippen LogP contribution in [0, 0.1) is 12.8 Å². The lowest BCUT2D eigenvalue weighted by atomic mass is 10.1. The smallest absolute Gasteiger partial charge is 0.325 e. The Hall–Kier alpha value is -1.36. The lowest BCUT2D eigenvalue weighted by Crippen LogP contribution is -2.32. The molecule has 4 nitrogen and oxygen atoms in total. The van der Waals surface area contributed by atoms with Crippen molar-refractivity contribution in [2.75, 3.05) is 6.54 Å². The van der Waals surface area contributed by atoms with Crippen LogP contribution in [0.3, 0.4) is 0 Å². The van der Waals surface area contributed by atoms with E-state index in [9.17, 15) is 9.59 Å². The second-order valence-corrected chi connectivity index (χ2v) is 6.31. The predicted molar refractivity (Wildman–Crippen MR) is 76.4 cm³/mol. The summed E-state index contributed by atoms with van der Waals surface area (Å²) < 4.78 is 5.20. The fourth-order valence-corrected chi connectivity index (χ4v) is 2.56. The third-order valence-electron chi connectivity index (χ3n) is 2.49. The molecule has 1 heterocycles. The zero-order chi connectivity index (χ0) is 14.4. The summed E-state index contributed by atoms with van der Waals surface area (Å²) in [6, 6.07) is 3.63. The maximum Gasteiger partial charge on any atom is 0.325 e. The Morgan fingerprint density at radius 3 is 2.53 bits per heavy atom. The molecule has 1 N–H and O–H groups in total. The first-order valence-electron chi connectivity index (χ1n) is 6.42. The number of hydrogen-bond acceptors (Lipinski definition) is 4. The first kappa shape index (κ1) is 15.7. The van der Waals surface area contributed by atoms with Gasteiger partial charge in [0.25, 0.3) is 5.91 Å². The molecule has 0 aliphatic rings. The molecule has 1 unspecified atom stereocenters. The Morgan fingerprint density at radius 1 is 1.32 bits per heavy atom. The molecule has 0 spiro atoms. The molecule has 1 aromatic heterocycles. The number of aryl methyl sites for hydroxylation is 1. The monoisotopic (exact) mass is 283 g/mol. The molecule has 0 saturated carbocycles. The molecule has 1 aromatic rings. The van der Waals surface area contributed by atoms with Crippen LogP contribution in [0.1, 0.15) is 41.7 Å². The second kappa shape index (κ2) is 7.28. The van der Waals surface area contributed by atoms with E-state index in [0.717, 1.165) is 11.3 Å². The minimum Gasteiger partial charge on any atom is -0.461 e. The molecular weight excluding hydrogens is 262 g/mol. The third-order valence-corrected chi connectivity index (χ3v) is 3.49. The third kappa shape index (κ3) is 5.87. The molecule has 0 aromatic carbocycles. The van der Waals surface area contributed by atoms with E-state index in [1.807, 2.05) is 19.9 Å². The Bertz CT molecular complexity index is 440. The largest absolute Gasteiger partial charge is 0.461 e. The number of nitrogens with one attached hydrogen (secondary N) is 1. The minimum absolute atomic E-state index is 0.0851. The average molecular weight is 283 g/mol. The van der Waals surface area contributed by atoms with Crippen molar-refractivity contribution >= 4 is 23.2 Å². The summed E-state index contributed by atoms with van der Waals surface area (Å²) in [6.45, 7) is 7.86. The molecule has 106 valence electrons. The number of thiophene rings is 1. The van der Waals surface area contributed by atoms with Gasteiger partial charge in [0, 0.05) is 4.88 Å². The predicted octanol–water partition coefficient (Wildman–Crippen LogP) is 2.76. The standard InChI is InChI=1S/C14H21NO3S/c1-9(2)7-10(3)18-13(16)8-15-14(17)12-6-5-11(4)19-12/h5-6,9-10H,7-8H2,1-4H3,(H,15,17). The van der Waals surface area contributed by atoms with E-state index >= 15 is 0 Å². The number of rotatable bonds is 6. The van der Waals surface area contributed by atoms with Gasteiger partial charge in [-0.2, -0.15) is 0 Å². The number of ether oxygens (including phenoxy) is 1. The molecular formula is C14H21NO3S. The number of hydrogen-bond donors (Lipinski definition) is 1. The average Bonchev–Trinajstić information content (AvgIpc) is 2.71. The number of amides is 1. The Labute approximate surface area is 118 Å². The zero-order valence-corrected chi connectivity index (χ0v) is 12.7. The van der Waals surface area contributed by atoms with Crippen molar-refractivity contribution in [2.45, 2.75) is 40.2 Å². The van der Waals surface area contributed by atoms with E-state index in [2.05, 4.69) is 19.2 Å². The molecule has 5 heteroatoms. The number of esters is 1. The van der Waals surface area contributed by atoms with Crippen LogP contribution >= 0.6 is 11.3 Å². The quantitative estimate of drug-likeness (QED) is 0.817. The van der Waals surface area contributed by atoms with Gasteiger partial charge in [-0.1, -0.05) is 13.8 Å². The molecule has 0 aliphatic heterocycles. The van der Waals surface area contributed by atoms with Gasteiger partial charge in [-0.15, -0.1) is 11.3 Å². The second-order valence-electron chi connectivity index (χ2n) is 5.02. The van der Waals surface area contributed by atoms with Gasteiger partial charge >= 0.3 is 5.97 Å². The van der Waals surface area contributed by atoms with E-state index in [1.54, 1.807) is 6.07 Å². The molecule has 0 radical (unpaired) electrons. The summed E-state index contributed by atoms with van der Waals surface area (Å²) in [5.41, 5.74) is 0. The summed E-state index contributed by atoms with van der Waals surface area (Å²) in [7, 11) is 0. The highest BCUT2D eigenvalue weighted by molar-refractivity contribution is 7.13. The molecule has 0 bridgehead atoms. The molecule has 1 atom stereocenters. The van der Waals surface area contributed by atoms with Gasteiger partial charge < -0.3 is 10.1 Å². The van der Waals surface area contributed by atoms with Gasteiger partial charge in [-0.3, -0.25) is 9.59 Å². The first-order valence-corrected chi connectivity index (χ1v) is 7.24. The lowest BCUT2D eigenvalue weighted by Gasteiger charge is -2.15. The molecule has 0 saturated heterocycles. The van der Waals surface area contributed by atoms with E-state index < -0.39 is 5.97 Å². The van der Waals surface area contributed by atoms with Crippen molar-refractivity contribution < 1.29 is 14.3 Å². The van der Waals surface area contributed by atoms with E-state index in [1.165, 1.54) is 11.3 Å². The van der Waals surface area contributed by atoms with E-state index in [-0.39, 0.29) is 18.6 Å². The fourth-order valence-electron chi connectivity index (χ4n) is 1.77. The van der Waals surface area contributed by atoms with Crippen molar-refractivity contribution in [3.63, 3.8) is 0 Å². The lowest BCUT2D eigenvalue weighted by molar-refractivity contribution is -0.147. The maximum atomic E-state index is 11.7. The molecule has 1 amide bonds. The van der Waals surface area contributed by atoms with Gasteiger partial charge in [0.05, 0.1) is 11.0 Å². The van der Waals surface area contributed by atoms with E-state index in [4.69, 9.17) is 4.74 Å². The van der Waals surface area contributed by atoms with Crippen LogP contribution in [0.4, 0.5) is 0 Å². The van der Waals surface area contributed by atoms with Crippen molar-refractivity contribution in [3.05, 3.63) is 21.9 Å². The van der Waals surface area contributed by atoms with Gasteiger partial charge in [-0.25, -0.2) is 0 Å². The van der Waals surface area contributed by atoms with Crippen LogP contribution in [-0.2, 0) is 9.53 Å². The van der Waals surface area contributed by atoms with Gasteiger partial charge in [0.2, 0.25) is 0 Å². The molecule has 19 heavy (non-hydrogen) atoms. The van der Waals surface area contributed by atoms with Gasteiger partial charge in [0.15, 0.2) is 0 Å². The minimum atomic E-state index is -0.394. The summed E-state index contributed by atoms with van der Waals surface area (Å²) in [4.78, 5) is 24.9. The zero-order valence-electron chi connectivity index (χ0n) is 11.9. The highest BCUT2D eigenvalue weighted by Gasteiger charge is 2.13. The van der Waals surface area contributed by atoms with Crippen LogP contribution in [0.2, 0.25) is 0 Å². The SMILES string of the molecule is Cc1ccc(C(=O)NCC(=O)OC(C)CC(C)C)s1. The van der Waals surface area contributed by atoms with Crippen LogP contribution < -0.4 is 5.32 Å². The summed E-state index contributed by atoms with van der Waals surface area (Å²) in [6.07, 6.45) is 0.706. The number of carbonyl (C=O) groups is 2. The van der Waals surface area contributed by atoms with Crippen molar-refractivity contribution in [1.82, 2.24) is 5.32 Å². The van der Waals surface area contributed by atoms with Gasteiger partial charge in [0.1, 0.15) is 6.54 Å². The Kier molecular flexibility index (Phi) is 6.02.